The highest BCUT2D eigenvalue weighted by Crippen LogP contribution is 2.09. The lowest BCUT2D eigenvalue weighted by atomic mass is 10.1. The van der Waals surface area contributed by atoms with Crippen molar-refractivity contribution in [3.8, 4) is 0 Å². The molecule has 0 amide bonds. The number of hydrogen-bond donors (Lipinski definition) is 0. The lowest BCUT2D eigenvalue weighted by molar-refractivity contribution is 0.838. The molecule has 0 aliphatic rings. The van der Waals surface area contributed by atoms with Gasteiger partial charge in [-0.05, 0) is 43.2 Å². The van der Waals surface area contributed by atoms with Crippen LogP contribution in [0.15, 0.2) is 8.80 Å². The van der Waals surface area contributed by atoms with Crippen LogP contribution in [0.4, 0.5) is 0 Å². The molecular weight excluding hydrogens is 212 g/mol. The van der Waals surface area contributed by atoms with Crippen LogP contribution in [0.2, 0.25) is 0 Å². The third kappa shape index (κ3) is 5.70. The van der Waals surface area contributed by atoms with E-state index in [4.69, 9.17) is 0 Å². The lowest BCUT2D eigenvalue weighted by Gasteiger charge is -2.06. The highest BCUT2D eigenvalue weighted by Gasteiger charge is 2.06. The third-order valence-corrected chi connectivity index (χ3v) is 2.64. The summed E-state index contributed by atoms with van der Waals surface area (Å²) >= 11 is 3.05. The Morgan fingerprint density at radius 2 is 1.57 bits per heavy atom. The van der Waals surface area contributed by atoms with Gasteiger partial charge in [-0.25, -0.2) is 8.80 Å². The predicted molar refractivity (Wildman–Crippen MR) is 71.7 cm³/mol. The summed E-state index contributed by atoms with van der Waals surface area (Å²) in [4.78, 5) is 0. The minimum atomic E-state index is 0.976. The second kappa shape index (κ2) is 9.59. The summed E-state index contributed by atoms with van der Waals surface area (Å²) in [7, 11) is 0. The van der Waals surface area contributed by atoms with Crippen LogP contribution in [0.25, 0.3) is 0 Å². The van der Waals surface area contributed by atoms with E-state index < -0.39 is 0 Å². The smallest absolute Gasteiger partial charge is 0.0707 e. The molecule has 0 saturated heterocycles. The molecule has 0 radical (unpaired) electrons. The van der Waals surface area contributed by atoms with Gasteiger partial charge in [0, 0.05) is 12.5 Å². The van der Waals surface area contributed by atoms with Gasteiger partial charge < -0.3 is 0 Å². The molecule has 0 atom stereocenters. The Morgan fingerprint density at radius 1 is 1.00 bits per heavy atom. The molecule has 0 aliphatic carbocycles. The summed E-state index contributed by atoms with van der Waals surface area (Å²) in [5, 5.41) is 0. The minimum Gasteiger partial charge on any atom is -0.220 e. The number of hydrogen-bond acceptors (Lipinski definition) is 4. The van der Waals surface area contributed by atoms with E-state index in [1.54, 1.807) is 0 Å². The molecule has 0 unspecified atom stereocenters. The molecule has 0 aromatic heterocycles. The van der Waals surface area contributed by atoms with Gasteiger partial charge >= 0.3 is 0 Å². The molecule has 0 aromatic carbocycles. The first-order valence-corrected chi connectivity index (χ1v) is 7.36. The van der Waals surface area contributed by atoms with E-state index in [9.17, 15) is 0 Å². The number of unbranched alkanes of at least 4 members (excludes halogenated alkanes) is 1. The average molecular weight is 232 g/mol. The Labute approximate surface area is 96.3 Å². The fourth-order valence-corrected chi connectivity index (χ4v) is 2.00. The SMILES string of the molecule is CCCCC(=NSC)C(CC)=NSC. The number of rotatable bonds is 7. The summed E-state index contributed by atoms with van der Waals surface area (Å²) in [5.74, 6) is 0. The van der Waals surface area contributed by atoms with Crippen molar-refractivity contribution in [3.05, 3.63) is 0 Å². The lowest BCUT2D eigenvalue weighted by Crippen LogP contribution is -2.12. The van der Waals surface area contributed by atoms with Gasteiger partial charge in [0.25, 0.3) is 0 Å². The molecule has 0 heterocycles. The van der Waals surface area contributed by atoms with Crippen molar-refractivity contribution in [2.75, 3.05) is 12.5 Å². The normalized spacial score (nSPS) is 13.4. The van der Waals surface area contributed by atoms with Crippen LogP contribution in [0.1, 0.15) is 39.5 Å². The van der Waals surface area contributed by atoms with Crippen molar-refractivity contribution in [3.63, 3.8) is 0 Å². The first-order chi connectivity index (χ1) is 6.79. The summed E-state index contributed by atoms with van der Waals surface area (Å²) in [6.45, 7) is 4.34. The molecule has 4 heteroatoms. The van der Waals surface area contributed by atoms with Crippen LogP contribution < -0.4 is 0 Å². The Hall–Kier alpha value is 0.0400. The molecule has 14 heavy (non-hydrogen) atoms. The van der Waals surface area contributed by atoms with E-state index >= 15 is 0 Å². The molecule has 82 valence electrons. The van der Waals surface area contributed by atoms with Crippen molar-refractivity contribution >= 4 is 35.3 Å². The largest absolute Gasteiger partial charge is 0.220 e. The van der Waals surface area contributed by atoms with E-state index in [1.165, 1.54) is 42.4 Å². The van der Waals surface area contributed by atoms with Crippen molar-refractivity contribution in [1.29, 1.82) is 0 Å². The first-order valence-electron chi connectivity index (χ1n) is 5.00. The van der Waals surface area contributed by atoms with Gasteiger partial charge in [0.05, 0.1) is 11.4 Å². The zero-order valence-electron chi connectivity index (χ0n) is 9.54. The standard InChI is InChI=1S/C10H20N2S2/c1-5-7-8-10(12-14-4)9(6-2)11-13-3/h5-8H2,1-4H3. The van der Waals surface area contributed by atoms with Gasteiger partial charge in [0.2, 0.25) is 0 Å². The first kappa shape index (κ1) is 14.0. The van der Waals surface area contributed by atoms with Crippen molar-refractivity contribution in [2.24, 2.45) is 8.80 Å². The van der Waals surface area contributed by atoms with Crippen molar-refractivity contribution in [1.82, 2.24) is 0 Å². The summed E-state index contributed by atoms with van der Waals surface area (Å²) in [6.07, 6.45) is 8.44. The summed E-state index contributed by atoms with van der Waals surface area (Å²) in [5.41, 5.74) is 2.33. The van der Waals surface area contributed by atoms with Gasteiger partial charge in [-0.2, -0.15) is 0 Å². The molecule has 0 bridgehead atoms. The van der Waals surface area contributed by atoms with E-state index in [-0.39, 0.29) is 0 Å². The van der Waals surface area contributed by atoms with Crippen LogP contribution in [0.5, 0.6) is 0 Å². The molecule has 0 spiro atoms. The Morgan fingerprint density at radius 3 is 2.00 bits per heavy atom. The van der Waals surface area contributed by atoms with E-state index in [2.05, 4.69) is 22.6 Å². The molecule has 0 aromatic rings. The fraction of sp³-hybridized carbons (Fsp3) is 0.800. The topological polar surface area (TPSA) is 24.7 Å². The predicted octanol–water partition coefficient (Wildman–Crippen LogP) is 4.02. The number of nitrogens with zero attached hydrogens (tertiary/aromatic N) is 2. The Balaban J connectivity index is 4.44. The molecule has 0 fully saturated rings. The van der Waals surface area contributed by atoms with Gasteiger partial charge in [0.15, 0.2) is 0 Å². The second-order valence-corrected chi connectivity index (χ2v) is 3.99. The van der Waals surface area contributed by atoms with Crippen LogP contribution >= 0.6 is 23.9 Å². The summed E-state index contributed by atoms with van der Waals surface area (Å²) < 4.78 is 8.84. The average Bonchev–Trinajstić information content (AvgIpc) is 2.21. The van der Waals surface area contributed by atoms with Crippen molar-refractivity contribution in [2.45, 2.75) is 39.5 Å². The minimum absolute atomic E-state index is 0.976. The van der Waals surface area contributed by atoms with Crippen LogP contribution in [0.3, 0.4) is 0 Å². The zero-order valence-corrected chi connectivity index (χ0v) is 11.2. The van der Waals surface area contributed by atoms with Gasteiger partial charge in [0.1, 0.15) is 0 Å². The molecule has 0 N–H and O–H groups in total. The van der Waals surface area contributed by atoms with E-state index in [0.29, 0.717) is 0 Å². The van der Waals surface area contributed by atoms with Gasteiger partial charge in [-0.3, -0.25) is 0 Å². The zero-order chi connectivity index (χ0) is 10.8. The Bertz CT molecular complexity index is 200. The highest BCUT2D eigenvalue weighted by molar-refractivity contribution is 7.97. The maximum Gasteiger partial charge on any atom is 0.0707 e. The van der Waals surface area contributed by atoms with E-state index in [1.807, 2.05) is 12.5 Å². The van der Waals surface area contributed by atoms with Gasteiger partial charge in [-0.15, -0.1) is 0 Å². The van der Waals surface area contributed by atoms with Crippen LogP contribution in [0, 0.1) is 0 Å². The van der Waals surface area contributed by atoms with Gasteiger partial charge in [-0.1, -0.05) is 20.3 Å². The molecule has 2 nitrogen and oxygen atoms in total. The highest BCUT2D eigenvalue weighted by atomic mass is 32.2. The summed E-state index contributed by atoms with van der Waals surface area (Å²) in [6, 6.07) is 0. The van der Waals surface area contributed by atoms with Crippen molar-refractivity contribution < 1.29 is 0 Å². The molecular formula is C10H20N2S2. The van der Waals surface area contributed by atoms with Crippen LogP contribution in [-0.2, 0) is 0 Å². The molecule has 0 saturated carbocycles. The van der Waals surface area contributed by atoms with E-state index in [0.717, 1.165) is 18.6 Å². The maximum absolute atomic E-state index is 4.44. The fourth-order valence-electron chi connectivity index (χ4n) is 1.13. The molecule has 0 rings (SSSR count). The van der Waals surface area contributed by atoms with Crippen LogP contribution in [-0.4, -0.2) is 23.9 Å². The Kier molecular flexibility index (Phi) is 9.62. The monoisotopic (exact) mass is 232 g/mol. The quantitative estimate of drug-likeness (QED) is 0.489. The third-order valence-electron chi connectivity index (χ3n) is 1.84. The molecule has 0 aliphatic heterocycles. The second-order valence-electron chi connectivity index (χ2n) is 2.90. The maximum atomic E-state index is 4.44.